The summed E-state index contributed by atoms with van der Waals surface area (Å²) in [5.74, 6) is -0.476. The number of benzene rings is 3. The number of piperazine rings is 1. The number of aliphatic hydroxyl groups excluding tert-OH is 1. The summed E-state index contributed by atoms with van der Waals surface area (Å²) in [6.45, 7) is 7.93. The molecule has 2 aliphatic rings. The second-order valence-corrected chi connectivity index (χ2v) is 11.5. The normalized spacial score (nSPS) is 20.8. The molecule has 0 radical (unpaired) electrons. The third kappa shape index (κ3) is 9.84. The van der Waals surface area contributed by atoms with Crippen LogP contribution in [-0.2, 0) is 38.7 Å². The number of amides is 2. The lowest BCUT2D eigenvalue weighted by Gasteiger charge is -2.40. The molecule has 3 unspecified atom stereocenters. The number of ether oxygens (including phenoxy) is 3. The van der Waals surface area contributed by atoms with E-state index in [-0.39, 0.29) is 32.0 Å². The summed E-state index contributed by atoms with van der Waals surface area (Å²) in [7, 11) is 0. The molecule has 0 bridgehead atoms. The first-order valence-electron chi connectivity index (χ1n) is 15.7. The molecule has 2 saturated heterocycles. The quantitative estimate of drug-likeness (QED) is 0.263. The maximum Gasteiger partial charge on any atom is 0.325 e. The Hall–Kier alpha value is -3.80. The van der Waals surface area contributed by atoms with Crippen LogP contribution in [0.4, 0.5) is 4.79 Å². The summed E-state index contributed by atoms with van der Waals surface area (Å²) in [6, 6.07) is 25.9. The van der Waals surface area contributed by atoms with Crippen molar-refractivity contribution >= 4 is 12.0 Å². The molecule has 2 fully saturated rings. The fraction of sp³-hybridized carbons (Fsp3) is 0.429. The van der Waals surface area contributed by atoms with Gasteiger partial charge in [-0.25, -0.2) is 4.79 Å². The van der Waals surface area contributed by atoms with Crippen LogP contribution in [0.25, 0.3) is 0 Å². The van der Waals surface area contributed by atoms with Crippen LogP contribution in [0.15, 0.2) is 78.9 Å². The first-order chi connectivity index (χ1) is 22.0. The predicted octanol–water partition coefficient (Wildman–Crippen LogP) is 3.90. The van der Waals surface area contributed by atoms with E-state index in [1.807, 2.05) is 48.5 Å². The van der Waals surface area contributed by atoms with Gasteiger partial charge in [0.25, 0.3) is 0 Å². The van der Waals surface area contributed by atoms with Gasteiger partial charge in [-0.3, -0.25) is 14.6 Å². The highest BCUT2D eigenvalue weighted by Crippen LogP contribution is 2.38. The van der Waals surface area contributed by atoms with Crippen molar-refractivity contribution in [3.8, 4) is 0 Å². The number of carbonyl (C=O) groups is 2. The summed E-state index contributed by atoms with van der Waals surface area (Å²) < 4.78 is 17.9. The molecule has 3 aromatic rings. The molecule has 2 aliphatic heterocycles. The van der Waals surface area contributed by atoms with E-state index in [9.17, 15) is 14.7 Å². The summed E-state index contributed by atoms with van der Waals surface area (Å²) in [5, 5.41) is 14.8. The third-order valence-corrected chi connectivity index (χ3v) is 8.19. The summed E-state index contributed by atoms with van der Waals surface area (Å²) >= 11 is 0. The van der Waals surface area contributed by atoms with Crippen LogP contribution in [0.5, 0.6) is 0 Å². The van der Waals surface area contributed by atoms with Crippen LogP contribution < -0.4 is 10.6 Å². The Kier molecular flexibility index (Phi) is 11.9. The molecule has 10 nitrogen and oxygen atoms in total. The van der Waals surface area contributed by atoms with Crippen molar-refractivity contribution in [2.24, 2.45) is 0 Å². The Balaban J connectivity index is 1.18. The van der Waals surface area contributed by atoms with Gasteiger partial charge in [0.2, 0.25) is 0 Å². The molecule has 240 valence electrons. The minimum absolute atomic E-state index is 0.00464. The van der Waals surface area contributed by atoms with Gasteiger partial charge in [-0.05, 0) is 29.2 Å². The number of urea groups is 1. The number of esters is 1. The number of hydrogen-bond acceptors (Lipinski definition) is 8. The fourth-order valence-corrected chi connectivity index (χ4v) is 5.69. The maximum absolute atomic E-state index is 12.1. The van der Waals surface area contributed by atoms with E-state index in [0.717, 1.165) is 67.9 Å². The molecule has 3 aromatic carbocycles. The van der Waals surface area contributed by atoms with Crippen LogP contribution in [-0.4, -0.2) is 78.9 Å². The van der Waals surface area contributed by atoms with Crippen LogP contribution in [0.2, 0.25) is 0 Å². The SMILES string of the molecule is CCOC(=O)CNC(=O)NCc1ccc(C2OC(CN3CCN(Cc4ccccc4)CC3)CC(c3ccc(CO)cc3)O2)cc1. The van der Waals surface area contributed by atoms with E-state index in [4.69, 9.17) is 14.2 Å². The number of carbonyl (C=O) groups excluding carboxylic acids is 2. The summed E-state index contributed by atoms with van der Waals surface area (Å²) in [5.41, 5.74) is 5.08. The maximum atomic E-state index is 12.1. The number of rotatable bonds is 12. The van der Waals surface area contributed by atoms with Gasteiger partial charge < -0.3 is 30.0 Å². The monoisotopic (exact) mass is 616 g/mol. The smallest absolute Gasteiger partial charge is 0.325 e. The van der Waals surface area contributed by atoms with E-state index < -0.39 is 18.3 Å². The molecular formula is C35H44N4O6. The molecule has 3 atom stereocenters. The van der Waals surface area contributed by atoms with E-state index in [2.05, 4.69) is 50.8 Å². The number of nitrogens with one attached hydrogen (secondary N) is 2. The highest BCUT2D eigenvalue weighted by atomic mass is 16.7. The number of aliphatic hydroxyl groups is 1. The van der Waals surface area contributed by atoms with Gasteiger partial charge >= 0.3 is 12.0 Å². The second kappa shape index (κ2) is 16.5. The van der Waals surface area contributed by atoms with Gasteiger partial charge in [0.1, 0.15) is 6.54 Å². The lowest BCUT2D eigenvalue weighted by Crippen LogP contribution is -2.49. The molecule has 45 heavy (non-hydrogen) atoms. The molecule has 0 saturated carbocycles. The van der Waals surface area contributed by atoms with E-state index in [1.54, 1.807) is 6.92 Å². The molecule has 3 N–H and O–H groups in total. The minimum Gasteiger partial charge on any atom is -0.465 e. The number of hydrogen-bond donors (Lipinski definition) is 3. The van der Waals surface area contributed by atoms with Crippen LogP contribution in [0, 0.1) is 0 Å². The van der Waals surface area contributed by atoms with Crippen LogP contribution in [0.1, 0.15) is 53.6 Å². The molecule has 2 amide bonds. The Morgan fingerprint density at radius 1 is 0.822 bits per heavy atom. The topological polar surface area (TPSA) is 113 Å². The fourth-order valence-electron chi connectivity index (χ4n) is 5.69. The minimum atomic E-state index is -0.541. The first kappa shape index (κ1) is 32.6. The third-order valence-electron chi connectivity index (χ3n) is 8.19. The first-order valence-corrected chi connectivity index (χ1v) is 15.7. The van der Waals surface area contributed by atoms with Crippen molar-refractivity contribution in [3.05, 3.63) is 107 Å². The highest BCUT2D eigenvalue weighted by Gasteiger charge is 2.33. The Bertz CT molecular complexity index is 1350. The van der Waals surface area contributed by atoms with Gasteiger partial charge in [0.05, 0.1) is 25.4 Å². The van der Waals surface area contributed by atoms with Gasteiger partial charge in [0, 0.05) is 57.8 Å². The zero-order chi connectivity index (χ0) is 31.4. The average Bonchev–Trinajstić information content (AvgIpc) is 3.08. The molecule has 10 heteroatoms. The molecule has 2 heterocycles. The standard InChI is InChI=1S/C35H44N4O6/c1-2-43-33(41)22-37-35(42)36-21-26-8-14-30(15-9-26)34-44-31(20-32(45-34)29-12-10-28(25-40)11-13-29)24-39-18-16-38(17-19-39)23-27-6-4-3-5-7-27/h3-15,31-32,34,40H,2,16-25H2,1H3,(H2,36,37,42). The van der Waals surface area contributed by atoms with Gasteiger partial charge in [-0.15, -0.1) is 0 Å². The molecule has 0 aromatic heterocycles. The van der Waals surface area contributed by atoms with Crippen molar-refractivity contribution in [1.82, 2.24) is 20.4 Å². The summed E-state index contributed by atoms with van der Waals surface area (Å²) in [4.78, 5) is 28.5. The molecule has 5 rings (SSSR count). The Morgan fingerprint density at radius 3 is 2.18 bits per heavy atom. The van der Waals surface area contributed by atoms with Crippen molar-refractivity contribution in [3.63, 3.8) is 0 Å². The number of nitrogens with zero attached hydrogens (tertiary/aromatic N) is 2. The average molecular weight is 617 g/mol. The van der Waals surface area contributed by atoms with Crippen molar-refractivity contribution in [2.45, 2.75) is 51.5 Å². The van der Waals surface area contributed by atoms with E-state index in [0.29, 0.717) is 6.54 Å². The zero-order valence-electron chi connectivity index (χ0n) is 25.9. The van der Waals surface area contributed by atoms with Gasteiger partial charge in [-0.1, -0.05) is 78.9 Å². The van der Waals surface area contributed by atoms with Crippen molar-refractivity contribution in [1.29, 1.82) is 0 Å². The molecule has 0 aliphatic carbocycles. The van der Waals surface area contributed by atoms with E-state index in [1.165, 1.54) is 5.56 Å². The van der Waals surface area contributed by atoms with Crippen molar-refractivity contribution in [2.75, 3.05) is 45.9 Å². The Labute approximate surface area is 265 Å². The lowest BCUT2D eigenvalue weighted by atomic mass is 9.99. The second-order valence-electron chi connectivity index (χ2n) is 11.5. The zero-order valence-corrected chi connectivity index (χ0v) is 25.9. The highest BCUT2D eigenvalue weighted by molar-refractivity contribution is 5.80. The lowest BCUT2D eigenvalue weighted by molar-refractivity contribution is -0.253. The van der Waals surface area contributed by atoms with Gasteiger partial charge in [0.15, 0.2) is 6.29 Å². The van der Waals surface area contributed by atoms with Gasteiger partial charge in [-0.2, -0.15) is 0 Å². The largest absolute Gasteiger partial charge is 0.465 e. The predicted molar refractivity (Wildman–Crippen MR) is 170 cm³/mol. The Morgan fingerprint density at radius 2 is 1.49 bits per heavy atom. The van der Waals surface area contributed by atoms with Crippen LogP contribution >= 0.6 is 0 Å². The van der Waals surface area contributed by atoms with E-state index >= 15 is 0 Å². The summed E-state index contributed by atoms with van der Waals surface area (Å²) in [6.07, 6.45) is 0.0319. The van der Waals surface area contributed by atoms with Crippen molar-refractivity contribution < 1.29 is 28.9 Å². The molecular weight excluding hydrogens is 572 g/mol. The molecule has 0 spiro atoms. The van der Waals surface area contributed by atoms with Crippen LogP contribution in [0.3, 0.4) is 0 Å².